The van der Waals surface area contributed by atoms with Gasteiger partial charge in [-0.2, -0.15) is 0 Å². The molecule has 1 saturated heterocycles. The van der Waals surface area contributed by atoms with E-state index in [1.807, 2.05) is 54.6 Å². The highest BCUT2D eigenvalue weighted by Gasteiger charge is 2.53. The van der Waals surface area contributed by atoms with Crippen molar-refractivity contribution < 1.29 is 24.6 Å². The van der Waals surface area contributed by atoms with Gasteiger partial charge in [0.15, 0.2) is 5.60 Å². The Labute approximate surface area is 257 Å². The van der Waals surface area contributed by atoms with Gasteiger partial charge >= 0.3 is 0 Å². The average Bonchev–Trinajstić information content (AvgIpc) is 3.67. The van der Waals surface area contributed by atoms with Gasteiger partial charge in [0.05, 0.1) is 24.4 Å². The highest BCUT2D eigenvalue weighted by molar-refractivity contribution is 6.12. The molecule has 44 heavy (non-hydrogen) atoms. The molecular formula is C35H38N4O5. The van der Waals surface area contributed by atoms with Crippen LogP contribution in [0.25, 0.3) is 0 Å². The Hall–Kier alpha value is -4.31. The molecule has 0 radical (unpaired) electrons. The number of fused-ring (bicyclic) bond motifs is 2. The Kier molecular flexibility index (Phi) is 8.35. The first-order valence-electron chi connectivity index (χ1n) is 15.3. The largest absolute Gasteiger partial charge is 0.394 e. The molecule has 3 aliphatic rings. The maximum atomic E-state index is 14.1. The van der Waals surface area contributed by atoms with Gasteiger partial charge in [0.1, 0.15) is 0 Å². The monoisotopic (exact) mass is 594 g/mol. The Bertz CT molecular complexity index is 1580. The molecule has 3 aromatic rings. The number of aliphatic hydroxyl groups is 2. The van der Waals surface area contributed by atoms with E-state index in [4.69, 9.17) is 0 Å². The van der Waals surface area contributed by atoms with E-state index in [0.29, 0.717) is 35.6 Å². The number of amides is 3. The Balaban J connectivity index is 1.25. The third-order valence-electron chi connectivity index (χ3n) is 9.10. The summed E-state index contributed by atoms with van der Waals surface area (Å²) >= 11 is 0. The summed E-state index contributed by atoms with van der Waals surface area (Å²) in [5.74, 6) is -1.49. The van der Waals surface area contributed by atoms with Crippen LogP contribution in [0.5, 0.6) is 0 Å². The molecule has 6 rings (SSSR count). The Morgan fingerprint density at radius 2 is 1.84 bits per heavy atom. The maximum absolute atomic E-state index is 14.1. The number of benzene rings is 3. The zero-order valence-electron chi connectivity index (χ0n) is 24.8. The van der Waals surface area contributed by atoms with Crippen molar-refractivity contribution in [3.05, 3.63) is 102 Å². The molecule has 4 N–H and O–H groups in total. The second kappa shape index (κ2) is 12.4. The lowest BCUT2D eigenvalue weighted by Gasteiger charge is -2.36. The van der Waals surface area contributed by atoms with Gasteiger partial charge in [0, 0.05) is 35.8 Å². The third-order valence-corrected chi connectivity index (χ3v) is 9.10. The number of hydrogen-bond donors (Lipinski definition) is 4. The van der Waals surface area contributed by atoms with E-state index in [1.165, 1.54) is 4.90 Å². The summed E-state index contributed by atoms with van der Waals surface area (Å²) < 4.78 is 0. The molecule has 228 valence electrons. The van der Waals surface area contributed by atoms with Crippen molar-refractivity contribution in [3.8, 4) is 0 Å². The third kappa shape index (κ3) is 5.43. The summed E-state index contributed by atoms with van der Waals surface area (Å²) in [5.41, 5.74) is 2.31. The summed E-state index contributed by atoms with van der Waals surface area (Å²) in [5, 5.41) is 28.3. The lowest BCUT2D eigenvalue weighted by molar-refractivity contribution is -0.138. The average molecular weight is 595 g/mol. The molecule has 0 unspecified atom stereocenters. The van der Waals surface area contributed by atoms with Crippen LogP contribution in [0.3, 0.4) is 0 Å². The number of carbonyl (C=O) groups excluding carboxylic acids is 3. The van der Waals surface area contributed by atoms with E-state index in [2.05, 4.69) is 10.6 Å². The minimum atomic E-state index is -1.94. The van der Waals surface area contributed by atoms with Crippen molar-refractivity contribution >= 4 is 34.8 Å². The molecule has 1 fully saturated rings. The van der Waals surface area contributed by atoms with Gasteiger partial charge in [-0.15, -0.1) is 0 Å². The van der Waals surface area contributed by atoms with Crippen LogP contribution in [0.2, 0.25) is 0 Å². The Morgan fingerprint density at radius 3 is 2.57 bits per heavy atom. The van der Waals surface area contributed by atoms with Crippen LogP contribution in [0.1, 0.15) is 42.9 Å². The minimum Gasteiger partial charge on any atom is -0.394 e. The number of nitrogens with zero attached hydrogens (tertiary/aromatic N) is 2. The van der Waals surface area contributed by atoms with Crippen LogP contribution in [0.15, 0.2) is 84.9 Å². The Morgan fingerprint density at radius 1 is 1.09 bits per heavy atom. The molecular weight excluding hydrogens is 556 g/mol. The summed E-state index contributed by atoms with van der Waals surface area (Å²) in [6.07, 6.45) is 5.73. The van der Waals surface area contributed by atoms with E-state index < -0.39 is 17.4 Å². The second-order valence-electron chi connectivity index (χ2n) is 11.9. The van der Waals surface area contributed by atoms with Crippen molar-refractivity contribution in [1.82, 2.24) is 10.2 Å². The summed E-state index contributed by atoms with van der Waals surface area (Å²) in [6, 6.07) is 21.7. The van der Waals surface area contributed by atoms with E-state index in [1.54, 1.807) is 42.2 Å². The number of aliphatic hydroxyl groups excluding tert-OH is 1. The molecule has 3 amide bonds. The smallest absolute Gasteiger partial charge is 0.268 e. The van der Waals surface area contributed by atoms with Crippen LogP contribution in [-0.2, 0) is 33.0 Å². The number of para-hydroxylation sites is 1. The molecule has 0 aliphatic carbocycles. The first-order chi connectivity index (χ1) is 21.3. The number of hydrogen-bond acceptors (Lipinski definition) is 6. The molecule has 9 heteroatoms. The lowest BCUT2D eigenvalue weighted by Crippen LogP contribution is -2.46. The van der Waals surface area contributed by atoms with Gasteiger partial charge in [0.2, 0.25) is 11.8 Å². The quantitative estimate of drug-likeness (QED) is 0.295. The molecule has 3 aromatic carbocycles. The first kappa shape index (κ1) is 29.7. The molecule has 0 bridgehead atoms. The normalized spacial score (nSPS) is 23.5. The van der Waals surface area contributed by atoms with Gasteiger partial charge in [-0.1, -0.05) is 61.5 Å². The van der Waals surface area contributed by atoms with E-state index in [0.717, 1.165) is 30.5 Å². The van der Waals surface area contributed by atoms with Crippen LogP contribution in [-0.4, -0.2) is 58.1 Å². The van der Waals surface area contributed by atoms with E-state index in [9.17, 15) is 24.6 Å². The van der Waals surface area contributed by atoms with E-state index >= 15 is 0 Å². The first-order valence-corrected chi connectivity index (χ1v) is 15.3. The topological polar surface area (TPSA) is 122 Å². The van der Waals surface area contributed by atoms with Crippen molar-refractivity contribution in [2.75, 3.05) is 23.4 Å². The van der Waals surface area contributed by atoms with Crippen molar-refractivity contribution in [2.45, 2.75) is 56.8 Å². The van der Waals surface area contributed by atoms with Gasteiger partial charge in [0.25, 0.3) is 5.91 Å². The zero-order chi connectivity index (χ0) is 30.8. The summed E-state index contributed by atoms with van der Waals surface area (Å²) in [7, 11) is 0. The number of rotatable bonds is 8. The van der Waals surface area contributed by atoms with Gasteiger partial charge in [-0.25, -0.2) is 0 Å². The second-order valence-corrected chi connectivity index (χ2v) is 11.9. The molecule has 4 atom stereocenters. The molecule has 3 heterocycles. The predicted molar refractivity (Wildman–Crippen MR) is 168 cm³/mol. The van der Waals surface area contributed by atoms with Gasteiger partial charge < -0.3 is 25.7 Å². The SMILES string of the molecule is C[C@H](/C=C/CC(=O)N1Cc2ccccc2C[C@H]1CO)[C@@]1(O)C(=O)N(c2ccccc2)c2ccc(NC(=O)[C@H]3CCCN3)cc21. The number of anilines is 3. The fourth-order valence-electron chi connectivity index (χ4n) is 6.59. The molecule has 3 aliphatic heterocycles. The number of carbonyl (C=O) groups is 3. The fourth-order valence-corrected chi connectivity index (χ4v) is 6.59. The van der Waals surface area contributed by atoms with Crippen molar-refractivity contribution in [2.24, 2.45) is 5.92 Å². The summed E-state index contributed by atoms with van der Waals surface area (Å²) in [6.45, 7) is 2.84. The molecule has 9 nitrogen and oxygen atoms in total. The highest BCUT2D eigenvalue weighted by Crippen LogP contribution is 2.49. The zero-order valence-corrected chi connectivity index (χ0v) is 24.8. The predicted octanol–water partition coefficient (Wildman–Crippen LogP) is 3.77. The molecule has 0 aromatic heterocycles. The lowest BCUT2D eigenvalue weighted by atomic mass is 9.82. The van der Waals surface area contributed by atoms with Crippen LogP contribution >= 0.6 is 0 Å². The van der Waals surface area contributed by atoms with Crippen molar-refractivity contribution in [3.63, 3.8) is 0 Å². The van der Waals surface area contributed by atoms with Crippen LogP contribution in [0.4, 0.5) is 17.1 Å². The van der Waals surface area contributed by atoms with Gasteiger partial charge in [-0.3, -0.25) is 19.3 Å². The van der Waals surface area contributed by atoms with Crippen LogP contribution in [0, 0.1) is 5.92 Å². The van der Waals surface area contributed by atoms with Gasteiger partial charge in [-0.05, 0) is 67.3 Å². The maximum Gasteiger partial charge on any atom is 0.268 e. The highest BCUT2D eigenvalue weighted by atomic mass is 16.3. The minimum absolute atomic E-state index is 0.0625. The fraction of sp³-hybridized carbons (Fsp3) is 0.343. The molecule has 0 spiro atoms. The van der Waals surface area contributed by atoms with Crippen LogP contribution < -0.4 is 15.5 Å². The summed E-state index contributed by atoms with van der Waals surface area (Å²) in [4.78, 5) is 43.4. The number of nitrogens with one attached hydrogen (secondary N) is 2. The van der Waals surface area contributed by atoms with Crippen molar-refractivity contribution in [1.29, 1.82) is 0 Å². The standard InChI is InChI=1S/C35H38N4O5/c1-23(9-7-15-32(41)38-21-25-11-6-5-10-24(25)19-28(38)22-40)35(44)29-20-26(37-33(42)30-14-8-18-36-30)16-17-31(29)39(34(35)43)27-12-3-2-4-13-27/h2-7,9-13,16-17,20,23,28,30,36,40,44H,8,14-15,18-19,21-22H2,1H3,(H,37,42)/b9-7+/t23-,28+,30-,35+/m1/s1. The van der Waals surface area contributed by atoms with E-state index in [-0.39, 0.29) is 36.9 Å². The molecule has 0 saturated carbocycles.